The maximum atomic E-state index is 12.2. The summed E-state index contributed by atoms with van der Waals surface area (Å²) in [6.07, 6.45) is -5.73. The monoisotopic (exact) mass is 321 g/mol. The molecule has 21 heavy (non-hydrogen) atoms. The minimum atomic E-state index is -4.46. The van der Waals surface area contributed by atoms with Crippen LogP contribution in [-0.2, 0) is 10.0 Å². The number of nitrogens with one attached hydrogen (secondary N) is 1. The number of hydrogen-bond acceptors (Lipinski definition) is 3. The number of sulfonamides is 1. The molecule has 2 N–H and O–H groups in total. The molecular formula is C13H14F3NO3S. The van der Waals surface area contributed by atoms with Gasteiger partial charge in [0.15, 0.2) is 0 Å². The summed E-state index contributed by atoms with van der Waals surface area (Å²) in [6.45, 7) is 0.680. The van der Waals surface area contributed by atoms with Gasteiger partial charge in [0.25, 0.3) is 0 Å². The van der Waals surface area contributed by atoms with Gasteiger partial charge in [0.1, 0.15) is 6.61 Å². The minimum absolute atomic E-state index is 0.109. The Kier molecular flexibility index (Phi) is 5.78. The predicted octanol–water partition coefficient (Wildman–Crippen LogP) is 1.65. The van der Waals surface area contributed by atoms with E-state index in [-0.39, 0.29) is 10.5 Å². The van der Waals surface area contributed by atoms with Gasteiger partial charge in [0, 0.05) is 11.6 Å². The summed E-state index contributed by atoms with van der Waals surface area (Å²) in [5.41, 5.74) is 0.109. The van der Waals surface area contributed by atoms with Crippen LogP contribution in [0.3, 0.4) is 0 Å². The topological polar surface area (TPSA) is 66.4 Å². The third kappa shape index (κ3) is 5.75. The van der Waals surface area contributed by atoms with Gasteiger partial charge in [-0.05, 0) is 19.1 Å². The molecule has 0 amide bonds. The van der Waals surface area contributed by atoms with Crippen LogP contribution in [0.2, 0.25) is 0 Å². The van der Waals surface area contributed by atoms with Crippen molar-refractivity contribution in [2.45, 2.75) is 30.5 Å². The molecule has 0 radical (unpaired) electrons. The van der Waals surface area contributed by atoms with Gasteiger partial charge in [0.05, 0.1) is 11.3 Å². The molecule has 0 heterocycles. The Morgan fingerprint density at radius 2 is 1.95 bits per heavy atom. The summed E-state index contributed by atoms with van der Waals surface area (Å²) in [4.78, 5) is -0.222. The highest BCUT2D eigenvalue weighted by Crippen LogP contribution is 2.23. The maximum absolute atomic E-state index is 12.2. The van der Waals surface area contributed by atoms with Gasteiger partial charge in [-0.25, -0.2) is 13.1 Å². The number of alkyl halides is 3. The first kappa shape index (κ1) is 17.5. The highest BCUT2D eigenvalue weighted by Gasteiger charge is 2.32. The summed E-state index contributed by atoms with van der Waals surface area (Å²) < 4.78 is 62.9. The Labute approximate surface area is 121 Å². The van der Waals surface area contributed by atoms with Crippen molar-refractivity contribution in [3.63, 3.8) is 0 Å². The van der Waals surface area contributed by atoms with Crippen LogP contribution < -0.4 is 4.72 Å². The Hall–Kier alpha value is -1.56. The van der Waals surface area contributed by atoms with Gasteiger partial charge < -0.3 is 5.11 Å². The summed E-state index contributed by atoms with van der Waals surface area (Å²) >= 11 is 0. The molecule has 0 aliphatic heterocycles. The average Bonchev–Trinajstić information content (AvgIpc) is 2.33. The van der Waals surface area contributed by atoms with E-state index in [0.717, 1.165) is 6.92 Å². The first-order valence-electron chi connectivity index (χ1n) is 5.93. The second-order valence-electron chi connectivity index (χ2n) is 4.30. The van der Waals surface area contributed by atoms with Gasteiger partial charge in [-0.3, -0.25) is 0 Å². The molecule has 116 valence electrons. The highest BCUT2D eigenvalue weighted by atomic mass is 32.2. The van der Waals surface area contributed by atoms with Crippen LogP contribution in [0.4, 0.5) is 13.2 Å². The van der Waals surface area contributed by atoms with Crippen LogP contribution in [0.5, 0.6) is 0 Å². The molecular weight excluding hydrogens is 307 g/mol. The van der Waals surface area contributed by atoms with E-state index >= 15 is 0 Å². The van der Waals surface area contributed by atoms with Crippen LogP contribution in [0.25, 0.3) is 0 Å². The Bertz CT molecular complexity index is 645. The van der Waals surface area contributed by atoms with Crippen molar-refractivity contribution in [2.24, 2.45) is 0 Å². The van der Waals surface area contributed by atoms with E-state index in [1.807, 2.05) is 4.72 Å². The van der Waals surface area contributed by atoms with Crippen LogP contribution in [0, 0.1) is 11.8 Å². The lowest BCUT2D eigenvalue weighted by molar-refractivity contribution is -0.137. The number of halogens is 3. The number of aliphatic hydroxyl groups excluding tert-OH is 1. The second-order valence-corrected chi connectivity index (χ2v) is 5.98. The highest BCUT2D eigenvalue weighted by molar-refractivity contribution is 7.89. The lowest BCUT2D eigenvalue weighted by Gasteiger charge is -2.16. The van der Waals surface area contributed by atoms with E-state index in [0.29, 0.717) is 0 Å². The van der Waals surface area contributed by atoms with Crippen molar-refractivity contribution in [3.05, 3.63) is 29.8 Å². The van der Waals surface area contributed by atoms with Crippen molar-refractivity contribution in [2.75, 3.05) is 6.61 Å². The number of hydrogen-bond donors (Lipinski definition) is 2. The first-order chi connectivity index (χ1) is 9.65. The zero-order valence-corrected chi connectivity index (χ0v) is 11.9. The fourth-order valence-corrected chi connectivity index (χ4v) is 3.06. The first-order valence-corrected chi connectivity index (χ1v) is 7.42. The van der Waals surface area contributed by atoms with Crippen LogP contribution in [0.15, 0.2) is 29.2 Å². The fraction of sp³-hybridized carbons (Fsp3) is 0.385. The van der Waals surface area contributed by atoms with Crippen molar-refractivity contribution < 1.29 is 26.7 Å². The van der Waals surface area contributed by atoms with Crippen LogP contribution >= 0.6 is 0 Å². The standard InChI is InChI=1S/C13H14F3NO3S/c1-10(9-13(14,15)16)17-21(19,20)12-7-3-2-5-11(12)6-4-8-18/h2-3,5,7,10,17-18H,8-9H2,1H3. The van der Waals surface area contributed by atoms with Gasteiger partial charge in [0.2, 0.25) is 10.0 Å². The fourth-order valence-electron chi connectivity index (χ4n) is 1.66. The van der Waals surface area contributed by atoms with E-state index < -0.39 is 35.3 Å². The normalized spacial score (nSPS) is 13.4. The Morgan fingerprint density at radius 1 is 1.33 bits per heavy atom. The summed E-state index contributed by atoms with van der Waals surface area (Å²) in [5.74, 6) is 4.75. The molecule has 1 rings (SSSR count). The van der Waals surface area contributed by atoms with Crippen molar-refractivity contribution in [1.29, 1.82) is 0 Å². The van der Waals surface area contributed by atoms with Crippen LogP contribution in [0.1, 0.15) is 18.9 Å². The summed E-state index contributed by atoms with van der Waals surface area (Å²) in [6, 6.07) is 4.33. The molecule has 0 saturated carbocycles. The lowest BCUT2D eigenvalue weighted by Crippen LogP contribution is -2.36. The van der Waals surface area contributed by atoms with E-state index in [2.05, 4.69) is 11.8 Å². The molecule has 0 spiro atoms. The molecule has 8 heteroatoms. The van der Waals surface area contributed by atoms with Gasteiger partial charge in [-0.1, -0.05) is 24.0 Å². The van der Waals surface area contributed by atoms with E-state index in [4.69, 9.17) is 5.11 Å². The number of aliphatic hydroxyl groups is 1. The molecule has 0 aliphatic rings. The molecule has 1 aromatic carbocycles. The average molecular weight is 321 g/mol. The molecule has 0 aromatic heterocycles. The van der Waals surface area contributed by atoms with Gasteiger partial charge in [-0.15, -0.1) is 0 Å². The molecule has 0 fully saturated rings. The second kappa shape index (κ2) is 6.93. The van der Waals surface area contributed by atoms with Gasteiger partial charge >= 0.3 is 6.18 Å². The Balaban J connectivity index is 3.03. The third-order valence-electron chi connectivity index (χ3n) is 2.37. The number of rotatable bonds is 4. The van der Waals surface area contributed by atoms with E-state index in [9.17, 15) is 21.6 Å². The van der Waals surface area contributed by atoms with Crippen molar-refractivity contribution in [3.8, 4) is 11.8 Å². The SMILES string of the molecule is CC(CC(F)(F)F)NS(=O)(=O)c1ccccc1C#CCO. The van der Waals surface area contributed by atoms with Crippen molar-refractivity contribution >= 4 is 10.0 Å². The lowest BCUT2D eigenvalue weighted by atomic mass is 10.2. The van der Waals surface area contributed by atoms with E-state index in [1.54, 1.807) is 6.07 Å². The minimum Gasteiger partial charge on any atom is -0.384 e. The molecule has 1 atom stereocenters. The maximum Gasteiger partial charge on any atom is 0.390 e. The van der Waals surface area contributed by atoms with E-state index in [1.165, 1.54) is 18.2 Å². The number of benzene rings is 1. The largest absolute Gasteiger partial charge is 0.390 e. The molecule has 0 aliphatic carbocycles. The summed E-state index contributed by atoms with van der Waals surface area (Å²) in [5, 5.41) is 8.63. The van der Waals surface area contributed by atoms with Crippen LogP contribution in [-0.4, -0.2) is 32.3 Å². The molecule has 1 aromatic rings. The smallest absolute Gasteiger partial charge is 0.384 e. The van der Waals surface area contributed by atoms with Crippen molar-refractivity contribution in [1.82, 2.24) is 4.72 Å². The molecule has 4 nitrogen and oxygen atoms in total. The molecule has 0 bridgehead atoms. The quantitative estimate of drug-likeness (QED) is 0.829. The summed E-state index contributed by atoms with van der Waals surface area (Å²) in [7, 11) is -4.13. The zero-order valence-electron chi connectivity index (χ0n) is 11.1. The zero-order chi connectivity index (χ0) is 16.1. The van der Waals surface area contributed by atoms with Gasteiger partial charge in [-0.2, -0.15) is 13.2 Å². The third-order valence-corrected chi connectivity index (χ3v) is 4.02. The molecule has 1 unspecified atom stereocenters. The Morgan fingerprint density at radius 3 is 2.52 bits per heavy atom. The molecule has 0 saturated heterocycles. The predicted molar refractivity (Wildman–Crippen MR) is 70.9 cm³/mol.